The van der Waals surface area contributed by atoms with Crippen LogP contribution < -0.4 is 0 Å². The highest BCUT2D eigenvalue weighted by Crippen LogP contribution is 2.23. The Hall–Kier alpha value is -0.120. The quantitative estimate of drug-likeness (QED) is 0.559. The van der Waals surface area contributed by atoms with Crippen molar-refractivity contribution in [3.63, 3.8) is 0 Å². The second-order valence-corrected chi connectivity index (χ2v) is 4.07. The number of nitrogens with zero attached hydrogens (tertiary/aromatic N) is 2. The van der Waals surface area contributed by atoms with E-state index in [1.807, 2.05) is 0 Å². The van der Waals surface area contributed by atoms with Crippen molar-refractivity contribution in [3.05, 3.63) is 0 Å². The van der Waals surface area contributed by atoms with E-state index in [-0.39, 0.29) is 6.23 Å². The maximum atomic E-state index is 9.70. The summed E-state index contributed by atoms with van der Waals surface area (Å²) in [7, 11) is 2.17. The first-order valence-corrected chi connectivity index (χ1v) is 4.90. The van der Waals surface area contributed by atoms with E-state index >= 15 is 0 Å². The fourth-order valence-electron chi connectivity index (χ4n) is 2.38. The number of hydrogen-bond donors (Lipinski definition) is 1. The SMILES string of the molecule is CN1CCN2C(O)CCC[C@H]2C1. The fourth-order valence-corrected chi connectivity index (χ4v) is 2.38. The van der Waals surface area contributed by atoms with E-state index in [9.17, 15) is 5.11 Å². The molecule has 1 N–H and O–H groups in total. The number of piperidine rings is 1. The molecular formula is C9H18N2O. The maximum absolute atomic E-state index is 9.70. The Morgan fingerprint density at radius 3 is 2.92 bits per heavy atom. The zero-order valence-electron chi connectivity index (χ0n) is 7.74. The molecule has 2 aliphatic heterocycles. The molecule has 12 heavy (non-hydrogen) atoms. The van der Waals surface area contributed by atoms with Crippen molar-refractivity contribution in [2.75, 3.05) is 26.7 Å². The molecule has 2 rings (SSSR count). The van der Waals surface area contributed by atoms with Crippen LogP contribution in [0.5, 0.6) is 0 Å². The number of fused-ring (bicyclic) bond motifs is 1. The zero-order valence-corrected chi connectivity index (χ0v) is 7.74. The van der Waals surface area contributed by atoms with Gasteiger partial charge in [0.15, 0.2) is 0 Å². The molecule has 0 aromatic carbocycles. The minimum absolute atomic E-state index is 0.155. The Labute approximate surface area is 74.0 Å². The lowest BCUT2D eigenvalue weighted by molar-refractivity contribution is -0.0827. The molecule has 2 heterocycles. The number of rotatable bonds is 0. The molecule has 1 unspecified atom stereocenters. The Morgan fingerprint density at radius 2 is 2.08 bits per heavy atom. The molecular weight excluding hydrogens is 152 g/mol. The summed E-state index contributed by atoms with van der Waals surface area (Å²) in [6, 6.07) is 0.618. The Kier molecular flexibility index (Phi) is 2.35. The van der Waals surface area contributed by atoms with Crippen molar-refractivity contribution in [2.45, 2.75) is 31.5 Å². The van der Waals surface area contributed by atoms with Gasteiger partial charge in [-0.3, -0.25) is 4.90 Å². The minimum Gasteiger partial charge on any atom is -0.378 e. The molecule has 3 heteroatoms. The number of hydrogen-bond acceptors (Lipinski definition) is 3. The molecule has 0 amide bonds. The van der Waals surface area contributed by atoms with Crippen LogP contribution in [0, 0.1) is 0 Å². The highest BCUT2D eigenvalue weighted by atomic mass is 16.3. The topological polar surface area (TPSA) is 26.7 Å². The second-order valence-electron chi connectivity index (χ2n) is 4.07. The molecule has 0 aromatic rings. The van der Waals surface area contributed by atoms with Crippen LogP contribution in [0.3, 0.4) is 0 Å². The van der Waals surface area contributed by atoms with Gasteiger partial charge >= 0.3 is 0 Å². The van der Waals surface area contributed by atoms with Crippen LogP contribution in [0.15, 0.2) is 0 Å². The average molecular weight is 170 g/mol. The summed E-state index contributed by atoms with van der Waals surface area (Å²) in [5, 5.41) is 9.70. The van der Waals surface area contributed by atoms with Gasteiger partial charge in [0.05, 0.1) is 0 Å². The summed E-state index contributed by atoms with van der Waals surface area (Å²) in [4.78, 5) is 4.63. The van der Waals surface area contributed by atoms with Crippen molar-refractivity contribution in [2.24, 2.45) is 0 Å². The van der Waals surface area contributed by atoms with Gasteiger partial charge in [-0.15, -0.1) is 0 Å². The predicted molar refractivity (Wildman–Crippen MR) is 47.8 cm³/mol. The van der Waals surface area contributed by atoms with Gasteiger partial charge in [0.2, 0.25) is 0 Å². The molecule has 0 spiro atoms. The van der Waals surface area contributed by atoms with Gasteiger partial charge in [-0.1, -0.05) is 0 Å². The van der Waals surface area contributed by atoms with Gasteiger partial charge in [0, 0.05) is 25.7 Å². The van der Waals surface area contributed by atoms with Crippen molar-refractivity contribution in [3.8, 4) is 0 Å². The summed E-state index contributed by atoms with van der Waals surface area (Å²) in [6.07, 6.45) is 3.27. The van der Waals surface area contributed by atoms with Crippen LogP contribution >= 0.6 is 0 Å². The maximum Gasteiger partial charge on any atom is 0.107 e. The van der Waals surface area contributed by atoms with Gasteiger partial charge in [0.1, 0.15) is 6.23 Å². The number of likely N-dealkylation sites (N-methyl/N-ethyl adjacent to an activating group) is 1. The molecule has 2 saturated heterocycles. The summed E-state index contributed by atoms with van der Waals surface area (Å²) in [6.45, 7) is 3.28. The van der Waals surface area contributed by atoms with Gasteiger partial charge in [-0.05, 0) is 26.3 Å². The molecule has 0 saturated carbocycles. The fraction of sp³-hybridized carbons (Fsp3) is 1.00. The molecule has 0 aromatic heterocycles. The van der Waals surface area contributed by atoms with Crippen molar-refractivity contribution in [1.29, 1.82) is 0 Å². The second kappa shape index (κ2) is 3.32. The van der Waals surface area contributed by atoms with Crippen LogP contribution in [-0.4, -0.2) is 53.9 Å². The van der Waals surface area contributed by atoms with Gasteiger partial charge in [-0.2, -0.15) is 0 Å². The molecule has 2 atom stereocenters. The number of piperazine rings is 1. The van der Waals surface area contributed by atoms with E-state index in [4.69, 9.17) is 0 Å². The van der Waals surface area contributed by atoms with E-state index in [0.29, 0.717) is 6.04 Å². The van der Waals surface area contributed by atoms with Crippen molar-refractivity contribution in [1.82, 2.24) is 9.80 Å². The van der Waals surface area contributed by atoms with Gasteiger partial charge < -0.3 is 10.0 Å². The van der Waals surface area contributed by atoms with E-state index < -0.39 is 0 Å². The van der Waals surface area contributed by atoms with Crippen LogP contribution in [0.25, 0.3) is 0 Å². The third-order valence-corrected chi connectivity index (χ3v) is 3.11. The Morgan fingerprint density at radius 1 is 1.25 bits per heavy atom. The lowest BCUT2D eigenvalue weighted by Crippen LogP contribution is -2.57. The molecule has 3 nitrogen and oxygen atoms in total. The third-order valence-electron chi connectivity index (χ3n) is 3.11. The third kappa shape index (κ3) is 1.49. The molecule has 0 radical (unpaired) electrons. The number of aliphatic hydroxyl groups is 1. The average Bonchev–Trinajstić information content (AvgIpc) is 2.04. The Balaban J connectivity index is 1.99. The van der Waals surface area contributed by atoms with Crippen molar-refractivity contribution >= 4 is 0 Å². The van der Waals surface area contributed by atoms with Crippen molar-refractivity contribution < 1.29 is 5.11 Å². The first-order chi connectivity index (χ1) is 5.77. The van der Waals surface area contributed by atoms with E-state index in [1.165, 1.54) is 12.8 Å². The standard InChI is InChI=1S/C9H18N2O/c1-10-5-6-11-8(7-10)3-2-4-9(11)12/h8-9,12H,2-7H2,1H3/t8-,9?/m0/s1. The normalized spacial score (nSPS) is 39.5. The monoisotopic (exact) mass is 170 g/mol. The highest BCUT2D eigenvalue weighted by molar-refractivity contribution is 4.85. The zero-order chi connectivity index (χ0) is 8.55. The summed E-state index contributed by atoms with van der Waals surface area (Å²) >= 11 is 0. The molecule has 70 valence electrons. The van der Waals surface area contributed by atoms with Crippen LogP contribution in [-0.2, 0) is 0 Å². The Bertz CT molecular complexity index is 163. The molecule has 0 bridgehead atoms. The lowest BCUT2D eigenvalue weighted by atomic mass is 9.98. The molecule has 0 aliphatic carbocycles. The van der Waals surface area contributed by atoms with Gasteiger partial charge in [-0.25, -0.2) is 0 Å². The minimum atomic E-state index is -0.155. The summed E-state index contributed by atoms with van der Waals surface area (Å²) in [5.74, 6) is 0. The molecule has 2 fully saturated rings. The predicted octanol–water partition coefficient (Wildman–Crippen LogP) is 0.105. The summed E-state index contributed by atoms with van der Waals surface area (Å²) in [5.41, 5.74) is 0. The lowest BCUT2D eigenvalue weighted by Gasteiger charge is -2.45. The van der Waals surface area contributed by atoms with Crippen LogP contribution in [0.2, 0.25) is 0 Å². The molecule has 2 aliphatic rings. The highest BCUT2D eigenvalue weighted by Gasteiger charge is 2.32. The van der Waals surface area contributed by atoms with E-state index in [0.717, 1.165) is 26.1 Å². The smallest absolute Gasteiger partial charge is 0.107 e. The van der Waals surface area contributed by atoms with Crippen LogP contribution in [0.4, 0.5) is 0 Å². The summed E-state index contributed by atoms with van der Waals surface area (Å²) < 4.78 is 0. The van der Waals surface area contributed by atoms with Gasteiger partial charge in [0.25, 0.3) is 0 Å². The largest absolute Gasteiger partial charge is 0.378 e. The first kappa shape index (κ1) is 8.48. The van der Waals surface area contributed by atoms with E-state index in [1.54, 1.807) is 0 Å². The van der Waals surface area contributed by atoms with Crippen LogP contribution in [0.1, 0.15) is 19.3 Å². The number of aliphatic hydroxyl groups excluding tert-OH is 1. The first-order valence-electron chi connectivity index (χ1n) is 4.90. The van der Waals surface area contributed by atoms with E-state index in [2.05, 4.69) is 16.8 Å².